The van der Waals surface area contributed by atoms with Crippen LogP contribution in [-0.4, -0.2) is 82.8 Å². The molecule has 9 heteroatoms. The largest absolute Gasteiger partial charge is 0.493 e. The van der Waals surface area contributed by atoms with E-state index in [1.54, 1.807) is 21.3 Å². The lowest BCUT2D eigenvalue weighted by atomic mass is 10.0. The van der Waals surface area contributed by atoms with Gasteiger partial charge in [0.1, 0.15) is 0 Å². The van der Waals surface area contributed by atoms with Gasteiger partial charge in [-0.1, -0.05) is 6.07 Å². The molecule has 0 saturated carbocycles. The number of carbonyl (C=O) groups excluding carboxylic acids is 1. The molecule has 2 rings (SSSR count). The number of nitrogens with zero attached hydrogens (tertiary/aromatic N) is 2. The van der Waals surface area contributed by atoms with Crippen LogP contribution in [0.3, 0.4) is 0 Å². The maximum atomic E-state index is 12.5. The Balaban J connectivity index is 1.80. The number of methoxy groups -OCH3 is 2. The van der Waals surface area contributed by atoms with E-state index in [0.717, 1.165) is 18.4 Å². The van der Waals surface area contributed by atoms with Gasteiger partial charge in [-0.05, 0) is 43.9 Å². The number of likely N-dealkylation sites (tertiary alicyclic amines) is 1. The summed E-state index contributed by atoms with van der Waals surface area (Å²) in [5.74, 6) is 1.34. The molecule has 29 heavy (non-hydrogen) atoms. The maximum Gasteiger partial charge on any atom is 0.237 e. The molecule has 1 heterocycles. The van der Waals surface area contributed by atoms with Gasteiger partial charge in [-0.15, -0.1) is 0 Å². The monoisotopic (exact) mass is 427 g/mol. The molecule has 1 unspecified atom stereocenters. The number of ether oxygens (including phenoxy) is 2. The number of nitrogens with one attached hydrogen (secondary N) is 1. The van der Waals surface area contributed by atoms with E-state index in [1.807, 2.05) is 25.1 Å². The van der Waals surface area contributed by atoms with Crippen LogP contribution in [0.1, 0.15) is 25.3 Å². The van der Waals surface area contributed by atoms with E-state index >= 15 is 0 Å². The summed E-state index contributed by atoms with van der Waals surface area (Å²) >= 11 is 0. The Bertz CT molecular complexity index is 791. The number of rotatable bonds is 9. The molecule has 1 aromatic rings. The lowest BCUT2D eigenvalue weighted by Crippen LogP contribution is -2.52. The van der Waals surface area contributed by atoms with Crippen molar-refractivity contribution in [3.05, 3.63) is 23.8 Å². The van der Waals surface area contributed by atoms with Crippen molar-refractivity contribution in [1.29, 1.82) is 0 Å². The van der Waals surface area contributed by atoms with Gasteiger partial charge in [-0.25, -0.2) is 12.7 Å². The summed E-state index contributed by atoms with van der Waals surface area (Å²) in [5.41, 5.74) is 1.06. The third-order valence-corrected chi connectivity index (χ3v) is 6.97. The third kappa shape index (κ3) is 6.32. The lowest BCUT2D eigenvalue weighted by Gasteiger charge is -2.38. The highest BCUT2D eigenvalue weighted by Gasteiger charge is 2.30. The minimum Gasteiger partial charge on any atom is -0.493 e. The van der Waals surface area contributed by atoms with Gasteiger partial charge in [-0.3, -0.25) is 9.69 Å². The highest BCUT2D eigenvalue weighted by Crippen LogP contribution is 2.27. The number of hydrogen-bond donors (Lipinski definition) is 1. The highest BCUT2D eigenvalue weighted by atomic mass is 32.2. The summed E-state index contributed by atoms with van der Waals surface area (Å²) in [6, 6.07) is 5.49. The molecule has 1 aliphatic heterocycles. The molecule has 1 fully saturated rings. The summed E-state index contributed by atoms with van der Waals surface area (Å²) in [7, 11) is 1.64. The molecule has 164 valence electrons. The molecule has 1 atom stereocenters. The first-order chi connectivity index (χ1) is 13.7. The van der Waals surface area contributed by atoms with Crippen LogP contribution >= 0.6 is 0 Å². The number of hydrogen-bond acceptors (Lipinski definition) is 6. The molecule has 1 aromatic carbocycles. The van der Waals surface area contributed by atoms with Crippen LogP contribution < -0.4 is 14.8 Å². The summed E-state index contributed by atoms with van der Waals surface area (Å²) in [4.78, 5) is 14.6. The van der Waals surface area contributed by atoms with E-state index in [-0.39, 0.29) is 18.0 Å². The van der Waals surface area contributed by atoms with Crippen molar-refractivity contribution >= 4 is 15.9 Å². The molecule has 8 nitrogen and oxygen atoms in total. The summed E-state index contributed by atoms with van der Waals surface area (Å²) in [6.07, 6.45) is 3.38. The molecule has 1 saturated heterocycles. The molecule has 1 N–H and O–H groups in total. The van der Waals surface area contributed by atoms with Gasteiger partial charge in [-0.2, -0.15) is 0 Å². The quantitative estimate of drug-likeness (QED) is 0.635. The second-order valence-corrected chi connectivity index (χ2v) is 9.49. The number of piperidine rings is 1. The summed E-state index contributed by atoms with van der Waals surface area (Å²) in [5, 5.41) is 2.99. The molecular formula is C20H33N3O5S. The standard InChI is InChI=1S/C20H33N3O5S/c1-15(23-12-9-17(10-13-23)22(2)29(5,25)26)20(24)21-11-8-16-6-7-18(27-3)19(14-16)28-4/h6-7,14-15,17H,8-13H2,1-5H3,(H,21,24). The lowest BCUT2D eigenvalue weighted by molar-refractivity contribution is -0.126. The van der Waals surface area contributed by atoms with E-state index in [1.165, 1.54) is 10.6 Å². The van der Waals surface area contributed by atoms with Gasteiger partial charge in [0, 0.05) is 32.7 Å². The average Bonchev–Trinajstić information content (AvgIpc) is 2.71. The molecule has 1 aliphatic rings. The van der Waals surface area contributed by atoms with Gasteiger partial charge in [0.05, 0.1) is 26.5 Å². The third-order valence-electron chi connectivity index (χ3n) is 5.62. The number of carbonyl (C=O) groups is 1. The Hall–Kier alpha value is -1.84. The fourth-order valence-electron chi connectivity index (χ4n) is 3.59. The predicted molar refractivity (Wildman–Crippen MR) is 113 cm³/mol. The molecular weight excluding hydrogens is 394 g/mol. The minimum absolute atomic E-state index is 0.00145. The molecule has 0 aliphatic carbocycles. The Kier molecular flexibility index (Phi) is 8.30. The van der Waals surface area contributed by atoms with Crippen LogP contribution in [0.25, 0.3) is 0 Å². The Morgan fingerprint density at radius 2 is 1.86 bits per heavy atom. The average molecular weight is 428 g/mol. The van der Waals surface area contributed by atoms with Crippen LogP contribution in [-0.2, 0) is 21.2 Å². The van der Waals surface area contributed by atoms with Crippen molar-refractivity contribution in [2.45, 2.75) is 38.3 Å². The number of amides is 1. The topological polar surface area (TPSA) is 88.2 Å². The van der Waals surface area contributed by atoms with Crippen molar-refractivity contribution in [3.63, 3.8) is 0 Å². The summed E-state index contributed by atoms with van der Waals surface area (Å²) < 4.78 is 35.4. The van der Waals surface area contributed by atoms with Crippen molar-refractivity contribution < 1.29 is 22.7 Å². The van der Waals surface area contributed by atoms with E-state index < -0.39 is 10.0 Å². The Morgan fingerprint density at radius 1 is 1.24 bits per heavy atom. The van der Waals surface area contributed by atoms with Gasteiger partial charge in [0.25, 0.3) is 0 Å². The normalized spacial score (nSPS) is 17.2. The maximum absolute atomic E-state index is 12.5. The zero-order valence-corrected chi connectivity index (χ0v) is 18.8. The fourth-order valence-corrected chi connectivity index (χ4v) is 4.34. The second kappa shape index (κ2) is 10.3. The van der Waals surface area contributed by atoms with Crippen molar-refractivity contribution in [1.82, 2.24) is 14.5 Å². The van der Waals surface area contributed by atoms with Crippen molar-refractivity contribution in [2.24, 2.45) is 0 Å². The Morgan fingerprint density at radius 3 is 2.41 bits per heavy atom. The SMILES string of the molecule is COc1ccc(CCNC(=O)C(C)N2CCC(N(C)S(C)(=O)=O)CC2)cc1OC. The fraction of sp³-hybridized carbons (Fsp3) is 0.650. The van der Waals surface area contributed by atoms with Gasteiger partial charge >= 0.3 is 0 Å². The van der Waals surface area contributed by atoms with Crippen LogP contribution in [0, 0.1) is 0 Å². The Labute approximate surface area is 174 Å². The van der Waals surface area contributed by atoms with Crippen molar-refractivity contribution in [2.75, 3.05) is 47.2 Å². The molecule has 0 spiro atoms. The van der Waals surface area contributed by atoms with E-state index in [9.17, 15) is 13.2 Å². The first-order valence-electron chi connectivity index (χ1n) is 9.83. The van der Waals surface area contributed by atoms with Crippen LogP contribution in [0.15, 0.2) is 18.2 Å². The van der Waals surface area contributed by atoms with Crippen LogP contribution in [0.4, 0.5) is 0 Å². The predicted octanol–water partition coefficient (Wildman–Crippen LogP) is 1.11. The summed E-state index contributed by atoms with van der Waals surface area (Å²) in [6.45, 7) is 3.84. The van der Waals surface area contributed by atoms with E-state index in [0.29, 0.717) is 37.6 Å². The second-order valence-electron chi connectivity index (χ2n) is 7.45. The van der Waals surface area contributed by atoms with Gasteiger partial charge in [0.2, 0.25) is 15.9 Å². The minimum atomic E-state index is -3.19. The van der Waals surface area contributed by atoms with Crippen LogP contribution in [0.2, 0.25) is 0 Å². The van der Waals surface area contributed by atoms with Gasteiger partial charge in [0.15, 0.2) is 11.5 Å². The van der Waals surface area contributed by atoms with E-state index in [4.69, 9.17) is 9.47 Å². The highest BCUT2D eigenvalue weighted by molar-refractivity contribution is 7.88. The number of benzene rings is 1. The molecule has 0 radical (unpaired) electrons. The zero-order valence-electron chi connectivity index (χ0n) is 18.0. The van der Waals surface area contributed by atoms with Gasteiger partial charge < -0.3 is 14.8 Å². The molecule has 1 amide bonds. The van der Waals surface area contributed by atoms with Crippen molar-refractivity contribution in [3.8, 4) is 11.5 Å². The molecule has 0 bridgehead atoms. The molecule has 0 aromatic heterocycles. The van der Waals surface area contributed by atoms with Crippen LogP contribution in [0.5, 0.6) is 11.5 Å². The zero-order chi connectivity index (χ0) is 21.6. The first-order valence-corrected chi connectivity index (χ1v) is 11.7. The number of sulfonamides is 1. The smallest absolute Gasteiger partial charge is 0.237 e. The van der Waals surface area contributed by atoms with E-state index in [2.05, 4.69) is 10.2 Å². The first kappa shape index (κ1) is 23.4.